The molecule has 0 bridgehead atoms. The molecule has 24 heavy (non-hydrogen) atoms. The maximum absolute atomic E-state index is 12.3. The number of benzene rings is 1. The lowest BCUT2D eigenvalue weighted by atomic mass is 10.2. The lowest BCUT2D eigenvalue weighted by molar-refractivity contribution is -0.145. The van der Waals surface area contributed by atoms with E-state index in [1.807, 2.05) is 55.3 Å². The molecule has 6 heteroatoms. The first kappa shape index (κ1) is 16.9. The van der Waals surface area contributed by atoms with Gasteiger partial charge in [-0.1, -0.05) is 0 Å². The van der Waals surface area contributed by atoms with Crippen LogP contribution in [0.2, 0.25) is 0 Å². The molecule has 1 aromatic carbocycles. The smallest absolute Gasteiger partial charge is 0.260 e. The number of morpholine rings is 1. The molecule has 2 atom stereocenters. The number of aryl methyl sites for hydroxylation is 1. The largest absolute Gasteiger partial charge is 0.484 e. The minimum Gasteiger partial charge on any atom is -0.484 e. The molecule has 2 heterocycles. The Kier molecular flexibility index (Phi) is 5.16. The highest BCUT2D eigenvalue weighted by molar-refractivity contribution is 7.13. The van der Waals surface area contributed by atoms with Gasteiger partial charge in [0.1, 0.15) is 10.8 Å². The van der Waals surface area contributed by atoms with E-state index in [1.54, 1.807) is 11.3 Å². The summed E-state index contributed by atoms with van der Waals surface area (Å²) in [5.41, 5.74) is 2.08. The molecule has 1 aliphatic rings. The lowest BCUT2D eigenvalue weighted by Crippen LogP contribution is -2.49. The first-order chi connectivity index (χ1) is 11.5. The molecule has 1 fully saturated rings. The second-order valence-electron chi connectivity index (χ2n) is 6.16. The lowest BCUT2D eigenvalue weighted by Gasteiger charge is -2.35. The molecule has 1 saturated heterocycles. The number of amides is 1. The van der Waals surface area contributed by atoms with Crippen molar-refractivity contribution < 1.29 is 14.3 Å². The van der Waals surface area contributed by atoms with Gasteiger partial charge in [-0.25, -0.2) is 4.98 Å². The molecule has 128 valence electrons. The van der Waals surface area contributed by atoms with Crippen molar-refractivity contribution in [3.05, 3.63) is 35.3 Å². The van der Waals surface area contributed by atoms with Crippen molar-refractivity contribution in [3.8, 4) is 16.3 Å². The summed E-state index contributed by atoms with van der Waals surface area (Å²) in [6, 6.07) is 7.70. The summed E-state index contributed by atoms with van der Waals surface area (Å²) in [5, 5.41) is 3.02. The Balaban J connectivity index is 1.55. The summed E-state index contributed by atoms with van der Waals surface area (Å²) in [7, 11) is 0. The van der Waals surface area contributed by atoms with E-state index in [0.717, 1.165) is 16.3 Å². The third-order valence-corrected chi connectivity index (χ3v) is 4.86. The summed E-state index contributed by atoms with van der Waals surface area (Å²) in [5.74, 6) is 0.686. The fourth-order valence-electron chi connectivity index (χ4n) is 2.80. The van der Waals surface area contributed by atoms with Crippen molar-refractivity contribution in [2.45, 2.75) is 33.0 Å². The Bertz CT molecular complexity index is 689. The molecule has 0 unspecified atom stereocenters. The van der Waals surface area contributed by atoms with Gasteiger partial charge in [-0.3, -0.25) is 4.79 Å². The van der Waals surface area contributed by atoms with E-state index in [1.165, 1.54) is 0 Å². The highest BCUT2D eigenvalue weighted by atomic mass is 32.1. The maximum Gasteiger partial charge on any atom is 0.260 e. The highest BCUT2D eigenvalue weighted by Crippen LogP contribution is 2.25. The predicted molar refractivity (Wildman–Crippen MR) is 94.4 cm³/mol. The molecule has 1 aliphatic heterocycles. The minimum absolute atomic E-state index is 0.00313. The van der Waals surface area contributed by atoms with Crippen LogP contribution in [0.15, 0.2) is 29.6 Å². The number of nitrogens with zero attached hydrogens (tertiary/aromatic N) is 2. The second-order valence-corrected chi connectivity index (χ2v) is 7.02. The number of aromatic nitrogens is 1. The molecular weight excluding hydrogens is 324 g/mol. The average molecular weight is 346 g/mol. The molecule has 0 saturated carbocycles. The van der Waals surface area contributed by atoms with Crippen molar-refractivity contribution in [2.75, 3.05) is 19.7 Å². The minimum atomic E-state index is -0.00313. The van der Waals surface area contributed by atoms with E-state index in [9.17, 15) is 4.79 Å². The molecule has 1 aromatic heterocycles. The molecule has 2 aromatic rings. The van der Waals surface area contributed by atoms with Gasteiger partial charge in [0.25, 0.3) is 5.91 Å². The molecule has 0 radical (unpaired) electrons. The third-order valence-electron chi connectivity index (χ3n) is 3.85. The number of carbonyl (C=O) groups is 1. The Hall–Kier alpha value is -1.92. The van der Waals surface area contributed by atoms with E-state index in [4.69, 9.17) is 9.47 Å². The Morgan fingerprint density at radius 1 is 1.29 bits per heavy atom. The van der Waals surface area contributed by atoms with Gasteiger partial charge in [0.15, 0.2) is 6.61 Å². The molecule has 5 nitrogen and oxygen atoms in total. The van der Waals surface area contributed by atoms with Crippen LogP contribution < -0.4 is 4.74 Å². The van der Waals surface area contributed by atoms with Crippen LogP contribution in [0.5, 0.6) is 5.75 Å². The van der Waals surface area contributed by atoms with Crippen molar-refractivity contribution in [2.24, 2.45) is 0 Å². The number of carbonyl (C=O) groups excluding carboxylic acids is 1. The van der Waals surface area contributed by atoms with E-state index >= 15 is 0 Å². The van der Waals surface area contributed by atoms with Crippen molar-refractivity contribution in [1.29, 1.82) is 0 Å². The number of thiazole rings is 1. The van der Waals surface area contributed by atoms with Crippen LogP contribution in [0.4, 0.5) is 0 Å². The monoisotopic (exact) mass is 346 g/mol. The van der Waals surface area contributed by atoms with Crippen LogP contribution in [-0.2, 0) is 9.53 Å². The quantitative estimate of drug-likeness (QED) is 0.853. The normalized spacial score (nSPS) is 20.9. The van der Waals surface area contributed by atoms with Gasteiger partial charge in [-0.05, 0) is 45.0 Å². The van der Waals surface area contributed by atoms with Crippen LogP contribution in [-0.4, -0.2) is 47.7 Å². The SMILES string of the molecule is Cc1csc(-c2ccc(OCC(=O)N3C[C@@H](C)O[C@H](C)C3)cc2)n1. The molecule has 0 spiro atoms. The van der Waals surface area contributed by atoms with Crippen LogP contribution >= 0.6 is 11.3 Å². The van der Waals surface area contributed by atoms with Crippen LogP contribution in [0.1, 0.15) is 19.5 Å². The van der Waals surface area contributed by atoms with Gasteiger partial charge in [-0.2, -0.15) is 0 Å². The fraction of sp³-hybridized carbons (Fsp3) is 0.444. The highest BCUT2D eigenvalue weighted by Gasteiger charge is 2.25. The van der Waals surface area contributed by atoms with Crippen LogP contribution in [0.3, 0.4) is 0 Å². The van der Waals surface area contributed by atoms with E-state index < -0.39 is 0 Å². The second kappa shape index (κ2) is 7.32. The Labute approximate surface area is 146 Å². The average Bonchev–Trinajstić information content (AvgIpc) is 2.98. The van der Waals surface area contributed by atoms with Gasteiger partial charge < -0.3 is 14.4 Å². The van der Waals surface area contributed by atoms with Gasteiger partial charge in [-0.15, -0.1) is 11.3 Å². The molecule has 0 N–H and O–H groups in total. The zero-order chi connectivity index (χ0) is 17.1. The summed E-state index contributed by atoms with van der Waals surface area (Å²) in [6.45, 7) is 7.24. The molecular formula is C18H22N2O3S. The first-order valence-corrected chi connectivity index (χ1v) is 8.98. The summed E-state index contributed by atoms with van der Waals surface area (Å²) in [4.78, 5) is 18.6. The fourth-order valence-corrected chi connectivity index (χ4v) is 3.60. The van der Waals surface area contributed by atoms with Crippen molar-refractivity contribution >= 4 is 17.2 Å². The van der Waals surface area contributed by atoms with E-state index in [2.05, 4.69) is 4.98 Å². The van der Waals surface area contributed by atoms with E-state index in [0.29, 0.717) is 18.8 Å². The van der Waals surface area contributed by atoms with Gasteiger partial charge in [0, 0.05) is 29.7 Å². The zero-order valence-electron chi connectivity index (χ0n) is 14.2. The van der Waals surface area contributed by atoms with Crippen LogP contribution in [0.25, 0.3) is 10.6 Å². The third kappa shape index (κ3) is 4.13. The number of rotatable bonds is 4. The van der Waals surface area contributed by atoms with Crippen molar-refractivity contribution in [3.63, 3.8) is 0 Å². The van der Waals surface area contributed by atoms with Crippen molar-refractivity contribution in [1.82, 2.24) is 9.88 Å². The van der Waals surface area contributed by atoms with Gasteiger partial charge in [0.2, 0.25) is 0 Å². The first-order valence-electron chi connectivity index (χ1n) is 8.10. The summed E-state index contributed by atoms with van der Waals surface area (Å²) < 4.78 is 11.3. The summed E-state index contributed by atoms with van der Waals surface area (Å²) >= 11 is 1.62. The van der Waals surface area contributed by atoms with Gasteiger partial charge in [0.05, 0.1) is 12.2 Å². The molecule has 3 rings (SSSR count). The maximum atomic E-state index is 12.3. The molecule has 1 amide bonds. The number of ether oxygens (including phenoxy) is 2. The zero-order valence-corrected chi connectivity index (χ0v) is 15.0. The van der Waals surface area contributed by atoms with E-state index in [-0.39, 0.29) is 24.7 Å². The Morgan fingerprint density at radius 2 is 1.96 bits per heavy atom. The standard InChI is InChI=1S/C18H22N2O3S/c1-12-11-24-18(19-12)15-4-6-16(7-5-15)22-10-17(21)20-8-13(2)23-14(3)9-20/h4-7,11,13-14H,8-10H2,1-3H3/t13-,14-/m1/s1. The Morgan fingerprint density at radius 3 is 2.54 bits per heavy atom. The van der Waals surface area contributed by atoms with Gasteiger partial charge >= 0.3 is 0 Å². The topological polar surface area (TPSA) is 51.7 Å². The predicted octanol–water partition coefficient (Wildman–Crippen LogP) is 3.13. The van der Waals surface area contributed by atoms with Crippen LogP contribution in [0, 0.1) is 6.92 Å². The number of hydrogen-bond donors (Lipinski definition) is 0. The molecule has 0 aliphatic carbocycles. The summed E-state index contributed by atoms with van der Waals surface area (Å²) in [6.07, 6.45) is 0.137. The number of hydrogen-bond acceptors (Lipinski definition) is 5.